The van der Waals surface area contributed by atoms with Gasteiger partial charge in [0.15, 0.2) is 0 Å². The number of halogens is 1. The molecule has 0 saturated carbocycles. The van der Waals surface area contributed by atoms with E-state index in [0.717, 1.165) is 69.0 Å². The predicted molar refractivity (Wildman–Crippen MR) is 132 cm³/mol. The van der Waals surface area contributed by atoms with Gasteiger partial charge < -0.3 is 9.80 Å². The van der Waals surface area contributed by atoms with E-state index in [0.29, 0.717) is 22.7 Å². The number of fused-ring (bicyclic) bond motifs is 2. The molecule has 4 heterocycles. The van der Waals surface area contributed by atoms with Gasteiger partial charge in [0.05, 0.1) is 28.2 Å². The average Bonchev–Trinajstić information content (AvgIpc) is 2.91. The number of pyridine rings is 2. The Labute approximate surface area is 202 Å². The van der Waals surface area contributed by atoms with Crippen molar-refractivity contribution in [3.8, 4) is 0 Å². The van der Waals surface area contributed by atoms with Crippen LogP contribution in [0.4, 0.5) is 10.1 Å². The van der Waals surface area contributed by atoms with Crippen LogP contribution < -0.4 is 4.90 Å². The summed E-state index contributed by atoms with van der Waals surface area (Å²) in [6, 6.07) is 10.8. The molecule has 0 bridgehead atoms. The minimum Gasteiger partial charge on any atom is -0.370 e. The molecule has 2 fully saturated rings. The summed E-state index contributed by atoms with van der Waals surface area (Å²) < 4.78 is 14.2. The first-order valence-electron chi connectivity index (χ1n) is 12.1. The van der Waals surface area contributed by atoms with Crippen LogP contribution in [0.15, 0.2) is 54.9 Å². The first kappa shape index (κ1) is 21.9. The summed E-state index contributed by atoms with van der Waals surface area (Å²) in [6.45, 7) is 5.18. The number of benzene rings is 1. The van der Waals surface area contributed by atoms with Crippen LogP contribution in [0.5, 0.6) is 0 Å². The largest absolute Gasteiger partial charge is 0.370 e. The Morgan fingerprint density at radius 2 is 1.57 bits per heavy atom. The summed E-state index contributed by atoms with van der Waals surface area (Å²) >= 11 is 0. The maximum Gasteiger partial charge on any atom is 0.235 e. The van der Waals surface area contributed by atoms with Crippen molar-refractivity contribution in [1.82, 2.24) is 19.8 Å². The molecule has 1 aromatic carbocycles. The van der Waals surface area contributed by atoms with Crippen molar-refractivity contribution in [3.05, 3.63) is 71.9 Å². The molecule has 0 spiro atoms. The van der Waals surface area contributed by atoms with Crippen molar-refractivity contribution >= 4 is 33.9 Å². The number of carbonyl (C=O) groups is 2. The zero-order chi connectivity index (χ0) is 23.9. The van der Waals surface area contributed by atoms with Gasteiger partial charge in [-0.15, -0.1) is 0 Å². The van der Waals surface area contributed by atoms with Crippen LogP contribution in [0.3, 0.4) is 0 Å². The molecular formula is C27H26FN5O2. The van der Waals surface area contributed by atoms with Gasteiger partial charge in [0, 0.05) is 69.2 Å². The van der Waals surface area contributed by atoms with Crippen LogP contribution in [0, 0.1) is 5.82 Å². The number of rotatable bonds is 3. The lowest BCUT2D eigenvalue weighted by atomic mass is 9.96. The second-order valence-electron chi connectivity index (χ2n) is 9.33. The molecule has 0 amide bonds. The van der Waals surface area contributed by atoms with Crippen molar-refractivity contribution in [1.29, 1.82) is 0 Å². The molecule has 0 N–H and O–H groups in total. The minimum atomic E-state index is -0.480. The quantitative estimate of drug-likeness (QED) is 0.544. The summed E-state index contributed by atoms with van der Waals surface area (Å²) in [7, 11) is 0. The summed E-state index contributed by atoms with van der Waals surface area (Å²) in [6.07, 6.45) is 6.90. The summed E-state index contributed by atoms with van der Waals surface area (Å²) in [5, 5.41) is 0.566. The van der Waals surface area contributed by atoms with E-state index >= 15 is 0 Å². The highest BCUT2D eigenvalue weighted by atomic mass is 19.1. The Bertz CT molecular complexity index is 1340. The summed E-state index contributed by atoms with van der Waals surface area (Å²) in [5.74, 6) is -1.19. The highest BCUT2D eigenvalue weighted by Gasteiger charge is 2.33. The fraction of sp³-hybridized carbons (Fsp3) is 0.333. The first-order valence-corrected chi connectivity index (χ1v) is 12.1. The van der Waals surface area contributed by atoms with E-state index in [9.17, 15) is 14.0 Å². The molecule has 2 saturated heterocycles. The van der Waals surface area contributed by atoms with Crippen LogP contribution in [0.25, 0.3) is 16.6 Å². The minimum absolute atomic E-state index is 0.235. The molecule has 0 radical (unpaired) electrons. The summed E-state index contributed by atoms with van der Waals surface area (Å²) in [5.41, 5.74) is 3.49. The van der Waals surface area contributed by atoms with Crippen molar-refractivity contribution in [2.75, 3.05) is 44.2 Å². The van der Waals surface area contributed by atoms with Gasteiger partial charge in [0.2, 0.25) is 11.6 Å². The van der Waals surface area contributed by atoms with Gasteiger partial charge >= 0.3 is 0 Å². The van der Waals surface area contributed by atoms with Gasteiger partial charge in [-0.05, 0) is 49.2 Å². The Morgan fingerprint density at radius 3 is 2.37 bits per heavy atom. The van der Waals surface area contributed by atoms with Crippen molar-refractivity contribution in [2.24, 2.45) is 0 Å². The van der Waals surface area contributed by atoms with Crippen molar-refractivity contribution in [2.45, 2.75) is 18.9 Å². The second kappa shape index (κ2) is 8.85. The van der Waals surface area contributed by atoms with Crippen molar-refractivity contribution in [3.63, 3.8) is 0 Å². The molecule has 0 unspecified atom stereocenters. The third-order valence-corrected chi connectivity index (χ3v) is 7.46. The lowest BCUT2D eigenvalue weighted by molar-refractivity contribution is -0.111. The van der Waals surface area contributed by atoms with E-state index in [-0.39, 0.29) is 5.82 Å². The second-order valence-corrected chi connectivity index (χ2v) is 9.33. The van der Waals surface area contributed by atoms with Crippen molar-refractivity contribution < 1.29 is 14.0 Å². The number of allylic oxidation sites excluding steroid dienone is 1. The maximum atomic E-state index is 14.2. The van der Waals surface area contributed by atoms with Gasteiger partial charge in [-0.3, -0.25) is 24.5 Å². The van der Waals surface area contributed by atoms with Crippen LogP contribution in [-0.2, 0) is 4.79 Å². The molecular weight excluding hydrogens is 445 g/mol. The molecule has 178 valence electrons. The molecule has 1 aliphatic carbocycles. The van der Waals surface area contributed by atoms with Crippen LogP contribution in [-0.4, -0.2) is 76.6 Å². The Balaban J connectivity index is 1.10. The molecule has 2 aliphatic heterocycles. The van der Waals surface area contributed by atoms with Crippen LogP contribution in [0.1, 0.15) is 28.9 Å². The Morgan fingerprint density at radius 1 is 0.829 bits per heavy atom. The number of carbonyl (C=O) groups excluding carboxylic acids is 2. The molecule has 3 aromatic rings. The maximum absolute atomic E-state index is 14.2. The number of nitrogens with zero attached hydrogens (tertiary/aromatic N) is 5. The normalized spacial score (nSPS) is 19.7. The number of anilines is 1. The zero-order valence-corrected chi connectivity index (χ0v) is 19.4. The monoisotopic (exact) mass is 471 g/mol. The lowest BCUT2D eigenvalue weighted by Crippen LogP contribution is -2.53. The van der Waals surface area contributed by atoms with E-state index in [4.69, 9.17) is 0 Å². The molecule has 8 heteroatoms. The van der Waals surface area contributed by atoms with Gasteiger partial charge in [0.25, 0.3) is 0 Å². The highest BCUT2D eigenvalue weighted by molar-refractivity contribution is 6.50. The Kier molecular flexibility index (Phi) is 5.53. The number of aromatic nitrogens is 2. The number of hydrogen-bond donors (Lipinski definition) is 0. The molecule has 35 heavy (non-hydrogen) atoms. The van der Waals surface area contributed by atoms with E-state index in [2.05, 4.69) is 24.7 Å². The van der Waals surface area contributed by atoms with E-state index in [1.54, 1.807) is 36.7 Å². The van der Waals surface area contributed by atoms with Gasteiger partial charge in [0.1, 0.15) is 5.82 Å². The molecule has 6 rings (SSSR count). The standard InChI is InChI=1S/C27H26FN5O2/c28-21-5-6-22(25-19(21)3-1-9-29-25)32-11-7-18(8-12-32)31-13-15-33(16-14-31)23-17-24(34)27(35)20-4-2-10-30-26(20)23/h1-6,9-10,17-18H,7-8,11-16H2. The molecule has 7 nitrogen and oxygen atoms in total. The lowest BCUT2D eigenvalue weighted by Gasteiger charge is -2.44. The number of piperidine rings is 1. The Hall–Kier alpha value is -3.65. The molecule has 2 aromatic heterocycles. The van der Waals surface area contributed by atoms with Gasteiger partial charge in [-0.25, -0.2) is 4.39 Å². The summed E-state index contributed by atoms with van der Waals surface area (Å²) in [4.78, 5) is 40.4. The smallest absolute Gasteiger partial charge is 0.235 e. The van der Waals surface area contributed by atoms with Gasteiger partial charge in [-0.2, -0.15) is 0 Å². The van der Waals surface area contributed by atoms with Crippen LogP contribution in [0.2, 0.25) is 0 Å². The average molecular weight is 472 g/mol. The fourth-order valence-corrected chi connectivity index (χ4v) is 5.60. The molecule has 0 atom stereocenters. The fourth-order valence-electron chi connectivity index (χ4n) is 5.60. The predicted octanol–water partition coefficient (Wildman–Crippen LogP) is 3.16. The number of ketones is 2. The molecule has 3 aliphatic rings. The number of Topliss-reactive ketones (excluding diaryl/α,β-unsaturated/α-hetero) is 1. The number of piperazine rings is 1. The topological polar surface area (TPSA) is 69.6 Å². The van der Waals surface area contributed by atoms with E-state index in [1.165, 1.54) is 12.1 Å². The SMILES string of the molecule is O=C1C=C(N2CCN(C3CCN(c4ccc(F)c5cccnc45)CC3)CC2)c2ncccc2C1=O. The van der Waals surface area contributed by atoms with Gasteiger partial charge in [-0.1, -0.05) is 0 Å². The first-order chi connectivity index (χ1) is 17.1. The third kappa shape index (κ3) is 3.87. The van der Waals surface area contributed by atoms with E-state index in [1.807, 2.05) is 6.07 Å². The highest BCUT2D eigenvalue weighted by Crippen LogP contribution is 2.31. The number of hydrogen-bond acceptors (Lipinski definition) is 7. The zero-order valence-electron chi connectivity index (χ0n) is 19.4. The van der Waals surface area contributed by atoms with E-state index < -0.39 is 11.6 Å². The van der Waals surface area contributed by atoms with Crippen LogP contribution >= 0.6 is 0 Å². The third-order valence-electron chi connectivity index (χ3n) is 7.46.